The van der Waals surface area contributed by atoms with Crippen LogP contribution in [0.15, 0.2) is 11.6 Å². The minimum absolute atomic E-state index is 0.0498. The minimum atomic E-state index is -3.07. The fourth-order valence-electron chi connectivity index (χ4n) is 0.703. The normalized spacial score (nSPS) is 13.2. The predicted molar refractivity (Wildman–Crippen MR) is 54.5 cm³/mol. The van der Waals surface area contributed by atoms with Crippen molar-refractivity contribution in [2.75, 3.05) is 0 Å². The highest BCUT2D eigenvalue weighted by Crippen LogP contribution is 2.21. The van der Waals surface area contributed by atoms with Crippen molar-refractivity contribution in [1.29, 1.82) is 0 Å². The van der Waals surface area contributed by atoms with Gasteiger partial charge in [-0.05, 0) is 20.8 Å². The van der Waals surface area contributed by atoms with Crippen LogP contribution in [0.5, 0.6) is 0 Å². The summed E-state index contributed by atoms with van der Waals surface area (Å²) in [5.41, 5.74) is 0. The third-order valence-electron chi connectivity index (χ3n) is 1.73. The molecule has 0 fully saturated rings. The van der Waals surface area contributed by atoms with Gasteiger partial charge in [0.15, 0.2) is 9.84 Å². The summed E-state index contributed by atoms with van der Waals surface area (Å²) >= 11 is 1.38. The highest BCUT2D eigenvalue weighted by molar-refractivity contribution is 7.92. The van der Waals surface area contributed by atoms with Gasteiger partial charge in [0, 0.05) is 11.6 Å². The Morgan fingerprint density at radius 2 is 2.08 bits per heavy atom. The average Bonchev–Trinajstić information content (AvgIpc) is 2.35. The maximum absolute atomic E-state index is 11.7. The van der Waals surface area contributed by atoms with Crippen LogP contribution in [0, 0.1) is 0 Å². The highest BCUT2D eigenvalue weighted by atomic mass is 32.2. The van der Waals surface area contributed by atoms with Gasteiger partial charge in [0.25, 0.3) is 0 Å². The molecule has 0 spiro atoms. The molecule has 0 saturated carbocycles. The Morgan fingerprint density at radius 1 is 1.46 bits per heavy atom. The van der Waals surface area contributed by atoms with Gasteiger partial charge >= 0.3 is 0 Å². The van der Waals surface area contributed by atoms with E-state index in [1.807, 2.05) is 0 Å². The molecular formula is C8H13NO2S2. The van der Waals surface area contributed by atoms with E-state index in [4.69, 9.17) is 0 Å². The Labute approximate surface area is 82.7 Å². The summed E-state index contributed by atoms with van der Waals surface area (Å²) in [5.74, 6) is 0.0498. The van der Waals surface area contributed by atoms with Crippen LogP contribution in [-0.2, 0) is 15.6 Å². The highest BCUT2D eigenvalue weighted by Gasteiger charge is 2.29. The van der Waals surface area contributed by atoms with Gasteiger partial charge in [-0.3, -0.25) is 0 Å². The fourth-order valence-corrected chi connectivity index (χ4v) is 2.67. The molecule has 74 valence electrons. The number of hydrogen-bond acceptors (Lipinski definition) is 4. The predicted octanol–water partition coefficient (Wildman–Crippen LogP) is 1.86. The van der Waals surface area contributed by atoms with Crippen molar-refractivity contribution in [1.82, 2.24) is 4.98 Å². The molecule has 0 amide bonds. The molecule has 0 saturated heterocycles. The first-order valence-corrected chi connectivity index (χ1v) is 6.47. The lowest BCUT2D eigenvalue weighted by Crippen LogP contribution is -2.29. The first-order chi connectivity index (χ1) is 5.83. The van der Waals surface area contributed by atoms with E-state index < -0.39 is 14.6 Å². The number of sulfone groups is 1. The van der Waals surface area contributed by atoms with Crippen molar-refractivity contribution in [3.8, 4) is 0 Å². The quantitative estimate of drug-likeness (QED) is 0.762. The number of rotatable bonds is 2. The summed E-state index contributed by atoms with van der Waals surface area (Å²) in [7, 11) is -3.07. The molecule has 0 aliphatic heterocycles. The molecule has 13 heavy (non-hydrogen) atoms. The Hall–Kier alpha value is -0.420. The van der Waals surface area contributed by atoms with Gasteiger partial charge in [0.2, 0.25) is 0 Å². The first-order valence-electron chi connectivity index (χ1n) is 3.93. The van der Waals surface area contributed by atoms with Gasteiger partial charge < -0.3 is 0 Å². The number of aromatic nitrogens is 1. The molecule has 0 bridgehead atoms. The van der Waals surface area contributed by atoms with Crippen LogP contribution >= 0.6 is 11.3 Å². The third kappa shape index (κ3) is 2.51. The van der Waals surface area contributed by atoms with Crippen LogP contribution in [0.25, 0.3) is 0 Å². The molecule has 0 unspecified atom stereocenters. The number of hydrogen-bond donors (Lipinski definition) is 0. The Morgan fingerprint density at radius 3 is 2.46 bits per heavy atom. The Bertz CT molecular complexity index is 359. The molecule has 3 nitrogen and oxygen atoms in total. The average molecular weight is 219 g/mol. The second-order valence-corrected chi connectivity index (χ2v) is 7.52. The zero-order valence-electron chi connectivity index (χ0n) is 7.94. The van der Waals surface area contributed by atoms with Gasteiger partial charge in [-0.15, -0.1) is 11.3 Å². The molecule has 0 aromatic carbocycles. The van der Waals surface area contributed by atoms with Crippen molar-refractivity contribution in [3.05, 3.63) is 16.6 Å². The van der Waals surface area contributed by atoms with Gasteiger partial charge in [-0.25, -0.2) is 13.4 Å². The molecule has 1 heterocycles. The van der Waals surface area contributed by atoms with E-state index in [1.165, 1.54) is 11.3 Å². The molecule has 0 atom stereocenters. The van der Waals surface area contributed by atoms with Gasteiger partial charge in [0.1, 0.15) is 10.8 Å². The van der Waals surface area contributed by atoms with Crippen LogP contribution in [0.4, 0.5) is 0 Å². The van der Waals surface area contributed by atoms with Crippen LogP contribution in [0.3, 0.4) is 0 Å². The zero-order chi connectivity index (χ0) is 10.1. The van der Waals surface area contributed by atoms with Crippen LogP contribution in [0.2, 0.25) is 0 Å². The standard InChI is InChI=1S/C8H13NO2S2/c1-8(2,3)13(10,11)6-7-9-4-5-12-7/h4-5H,6H2,1-3H3. The molecule has 0 radical (unpaired) electrons. The van der Waals surface area contributed by atoms with Gasteiger partial charge in [0.05, 0.1) is 4.75 Å². The molecule has 0 N–H and O–H groups in total. The van der Waals surface area contributed by atoms with E-state index in [9.17, 15) is 8.42 Å². The van der Waals surface area contributed by atoms with Crippen LogP contribution in [0.1, 0.15) is 25.8 Å². The van der Waals surface area contributed by atoms with Crippen LogP contribution in [-0.4, -0.2) is 18.1 Å². The second-order valence-electron chi connectivity index (χ2n) is 3.80. The Balaban J connectivity index is 2.87. The maximum atomic E-state index is 11.7. The van der Waals surface area contributed by atoms with Gasteiger partial charge in [-0.2, -0.15) is 0 Å². The fraction of sp³-hybridized carbons (Fsp3) is 0.625. The van der Waals surface area contributed by atoms with Crippen molar-refractivity contribution in [2.45, 2.75) is 31.3 Å². The summed E-state index contributed by atoms with van der Waals surface area (Å²) in [6.07, 6.45) is 1.62. The summed E-state index contributed by atoms with van der Waals surface area (Å²) in [4.78, 5) is 3.95. The molecule has 1 aromatic rings. The maximum Gasteiger partial charge on any atom is 0.161 e. The molecule has 1 aromatic heterocycles. The summed E-state index contributed by atoms with van der Waals surface area (Å²) in [6, 6.07) is 0. The van der Waals surface area contributed by atoms with E-state index in [1.54, 1.807) is 32.3 Å². The van der Waals surface area contributed by atoms with E-state index in [0.29, 0.717) is 5.01 Å². The smallest absolute Gasteiger partial charge is 0.161 e. The number of thiazole rings is 1. The Kier molecular flexibility index (Phi) is 2.77. The largest absolute Gasteiger partial charge is 0.249 e. The topological polar surface area (TPSA) is 47.0 Å². The lowest BCUT2D eigenvalue weighted by Gasteiger charge is -2.17. The molecule has 5 heteroatoms. The summed E-state index contributed by atoms with van der Waals surface area (Å²) < 4.78 is 22.7. The number of nitrogens with zero attached hydrogens (tertiary/aromatic N) is 1. The van der Waals surface area contributed by atoms with Crippen molar-refractivity contribution < 1.29 is 8.42 Å². The third-order valence-corrected chi connectivity index (χ3v) is 5.21. The molecule has 1 rings (SSSR count). The monoisotopic (exact) mass is 219 g/mol. The van der Waals surface area contributed by atoms with Crippen molar-refractivity contribution in [3.63, 3.8) is 0 Å². The second kappa shape index (κ2) is 3.38. The van der Waals surface area contributed by atoms with Gasteiger partial charge in [-0.1, -0.05) is 0 Å². The van der Waals surface area contributed by atoms with Crippen LogP contribution < -0.4 is 0 Å². The summed E-state index contributed by atoms with van der Waals surface area (Å²) in [5, 5.41) is 2.45. The minimum Gasteiger partial charge on any atom is -0.249 e. The molecular weight excluding hydrogens is 206 g/mol. The van der Waals surface area contributed by atoms with E-state index in [0.717, 1.165) is 0 Å². The van der Waals surface area contributed by atoms with Crippen molar-refractivity contribution in [2.24, 2.45) is 0 Å². The lowest BCUT2D eigenvalue weighted by molar-refractivity contribution is 0.559. The first kappa shape index (κ1) is 10.7. The molecule has 0 aliphatic rings. The zero-order valence-corrected chi connectivity index (χ0v) is 9.58. The SMILES string of the molecule is CC(C)(C)S(=O)(=O)Cc1nccs1. The molecule has 0 aliphatic carbocycles. The summed E-state index contributed by atoms with van der Waals surface area (Å²) in [6.45, 7) is 5.11. The van der Waals surface area contributed by atoms with E-state index >= 15 is 0 Å². The van der Waals surface area contributed by atoms with E-state index in [2.05, 4.69) is 4.98 Å². The van der Waals surface area contributed by atoms with Crippen molar-refractivity contribution >= 4 is 21.2 Å². The van der Waals surface area contributed by atoms with E-state index in [-0.39, 0.29) is 5.75 Å². The lowest BCUT2D eigenvalue weighted by atomic mass is 10.3.